The summed E-state index contributed by atoms with van der Waals surface area (Å²) in [6.07, 6.45) is 0.618. The molecule has 0 unspecified atom stereocenters. The first kappa shape index (κ1) is 13.4. The Bertz CT molecular complexity index is 131. The van der Waals surface area contributed by atoms with Crippen molar-refractivity contribution < 1.29 is 8.85 Å². The molecular weight excluding hydrogens is 196 g/mol. The van der Waals surface area contributed by atoms with Crippen LogP contribution in [0.1, 0.15) is 6.42 Å². The minimum absolute atomic E-state index is 0.0849. The molecule has 0 aromatic heterocycles. The molecule has 0 aliphatic rings. The van der Waals surface area contributed by atoms with Gasteiger partial charge in [0.15, 0.2) is 16.6 Å². The maximum atomic E-state index is 5.85. The summed E-state index contributed by atoms with van der Waals surface area (Å²) in [5.41, 5.74) is 0. The van der Waals surface area contributed by atoms with E-state index < -0.39 is 16.6 Å². The fourth-order valence-corrected chi connectivity index (χ4v) is 2.94. The summed E-state index contributed by atoms with van der Waals surface area (Å²) in [5, 5.41) is 0. The van der Waals surface area contributed by atoms with Gasteiger partial charge in [0.05, 0.1) is 0 Å². The molecule has 0 saturated heterocycles. The zero-order valence-electron chi connectivity index (χ0n) is 9.81. The molecule has 0 rings (SSSR count). The maximum Gasteiger partial charge on any atom is 0.187 e. The van der Waals surface area contributed by atoms with Crippen LogP contribution in [0.4, 0.5) is 0 Å². The third-order valence-electron chi connectivity index (χ3n) is 1.21. The van der Waals surface area contributed by atoms with E-state index in [1.54, 1.807) is 0 Å². The van der Waals surface area contributed by atoms with E-state index in [1.807, 2.05) is 0 Å². The van der Waals surface area contributed by atoms with E-state index in [-0.39, 0.29) is 6.29 Å². The minimum Gasteiger partial charge on any atom is -0.394 e. The molecular formula is C9H23O2Si2. The topological polar surface area (TPSA) is 18.5 Å². The van der Waals surface area contributed by atoms with Crippen molar-refractivity contribution in [3.63, 3.8) is 0 Å². The van der Waals surface area contributed by atoms with Crippen LogP contribution in [0.2, 0.25) is 39.3 Å². The second-order valence-corrected chi connectivity index (χ2v) is 14.1. The van der Waals surface area contributed by atoms with Gasteiger partial charge >= 0.3 is 0 Å². The third kappa shape index (κ3) is 8.68. The molecule has 0 spiro atoms. The average Bonchev–Trinajstić information content (AvgIpc) is 1.79. The second-order valence-electron chi connectivity index (χ2n) is 5.18. The van der Waals surface area contributed by atoms with Crippen molar-refractivity contribution in [2.45, 2.75) is 52.0 Å². The molecule has 0 N–H and O–H groups in total. The molecule has 0 bridgehead atoms. The van der Waals surface area contributed by atoms with Crippen LogP contribution in [0.5, 0.6) is 0 Å². The van der Waals surface area contributed by atoms with Crippen LogP contribution in [-0.4, -0.2) is 22.9 Å². The van der Waals surface area contributed by atoms with Gasteiger partial charge in [-0.25, -0.2) is 0 Å². The summed E-state index contributed by atoms with van der Waals surface area (Å²) < 4.78 is 11.7. The number of hydrogen-bond donors (Lipinski definition) is 0. The van der Waals surface area contributed by atoms with Crippen molar-refractivity contribution in [1.29, 1.82) is 0 Å². The molecule has 0 aromatic carbocycles. The SMILES string of the molecule is [CH2]CC(O[Si](C)(C)C)O[Si](C)(C)C. The Morgan fingerprint density at radius 2 is 1.23 bits per heavy atom. The van der Waals surface area contributed by atoms with E-state index in [9.17, 15) is 0 Å². The van der Waals surface area contributed by atoms with Crippen molar-refractivity contribution >= 4 is 16.6 Å². The number of hydrogen-bond acceptors (Lipinski definition) is 2. The molecule has 2 nitrogen and oxygen atoms in total. The Kier molecular flexibility index (Phi) is 4.86. The van der Waals surface area contributed by atoms with Gasteiger partial charge in [-0.05, 0) is 52.6 Å². The molecule has 0 aliphatic carbocycles. The molecule has 0 fully saturated rings. The van der Waals surface area contributed by atoms with Gasteiger partial charge in [-0.2, -0.15) is 0 Å². The van der Waals surface area contributed by atoms with Gasteiger partial charge in [0, 0.05) is 0 Å². The summed E-state index contributed by atoms with van der Waals surface area (Å²) in [5.74, 6) is 0. The number of rotatable bonds is 5. The Balaban J connectivity index is 4.05. The lowest BCUT2D eigenvalue weighted by molar-refractivity contribution is -0.00475. The van der Waals surface area contributed by atoms with Gasteiger partial charge in [-0.1, -0.05) is 0 Å². The molecule has 0 aromatic rings. The normalized spacial score (nSPS) is 13.8. The standard InChI is InChI=1S/C9H23O2Si2/c1-8-9(10-12(2,3)4)11-13(5,6)7/h9H,1,8H2,2-7H3. The Labute approximate surface area is 84.9 Å². The lowest BCUT2D eigenvalue weighted by atomic mass is 10.5. The molecule has 0 heterocycles. The third-order valence-corrected chi connectivity index (χ3v) is 3.15. The van der Waals surface area contributed by atoms with E-state index in [1.165, 1.54) is 0 Å². The summed E-state index contributed by atoms with van der Waals surface area (Å²) in [4.78, 5) is 0. The second kappa shape index (κ2) is 4.73. The fraction of sp³-hybridized carbons (Fsp3) is 0.889. The molecule has 79 valence electrons. The highest BCUT2D eigenvalue weighted by molar-refractivity contribution is 6.70. The van der Waals surface area contributed by atoms with Crippen molar-refractivity contribution in [2.75, 3.05) is 0 Å². The average molecular weight is 219 g/mol. The quantitative estimate of drug-likeness (QED) is 0.522. The lowest BCUT2D eigenvalue weighted by Gasteiger charge is -2.30. The van der Waals surface area contributed by atoms with Gasteiger partial charge in [-0.15, -0.1) is 0 Å². The van der Waals surface area contributed by atoms with E-state index in [4.69, 9.17) is 8.85 Å². The van der Waals surface area contributed by atoms with E-state index >= 15 is 0 Å². The Hall–Kier alpha value is 0.354. The summed E-state index contributed by atoms with van der Waals surface area (Å²) in [6.45, 7) is 16.9. The van der Waals surface area contributed by atoms with Crippen LogP contribution in [0.15, 0.2) is 0 Å². The maximum absolute atomic E-state index is 5.85. The smallest absolute Gasteiger partial charge is 0.187 e. The molecule has 1 radical (unpaired) electrons. The van der Waals surface area contributed by atoms with Gasteiger partial charge in [0.25, 0.3) is 0 Å². The summed E-state index contributed by atoms with van der Waals surface area (Å²) in [7, 11) is -2.97. The zero-order valence-corrected chi connectivity index (χ0v) is 11.8. The lowest BCUT2D eigenvalue weighted by Crippen LogP contribution is -2.39. The van der Waals surface area contributed by atoms with E-state index in [2.05, 4.69) is 46.2 Å². The van der Waals surface area contributed by atoms with Crippen LogP contribution >= 0.6 is 0 Å². The molecule has 0 amide bonds. The first-order valence-electron chi connectivity index (χ1n) is 4.79. The Morgan fingerprint density at radius 1 is 0.923 bits per heavy atom. The molecule has 0 aliphatic heterocycles. The monoisotopic (exact) mass is 219 g/mol. The predicted molar refractivity (Wildman–Crippen MR) is 62.6 cm³/mol. The zero-order chi connectivity index (χ0) is 10.7. The van der Waals surface area contributed by atoms with Crippen LogP contribution in [0, 0.1) is 6.92 Å². The van der Waals surface area contributed by atoms with Crippen molar-refractivity contribution in [3.8, 4) is 0 Å². The highest BCUT2D eigenvalue weighted by Crippen LogP contribution is 2.15. The first-order chi connectivity index (χ1) is 5.64. The molecule has 0 atom stereocenters. The fourth-order valence-electron chi connectivity index (χ4n) is 0.931. The summed E-state index contributed by atoms with van der Waals surface area (Å²) >= 11 is 0. The Morgan fingerprint density at radius 3 is 1.38 bits per heavy atom. The summed E-state index contributed by atoms with van der Waals surface area (Å²) in [6, 6.07) is 0. The predicted octanol–water partition coefficient (Wildman–Crippen LogP) is 3.24. The van der Waals surface area contributed by atoms with Crippen LogP contribution < -0.4 is 0 Å². The van der Waals surface area contributed by atoms with Crippen molar-refractivity contribution in [1.82, 2.24) is 0 Å². The minimum atomic E-state index is -1.48. The van der Waals surface area contributed by atoms with E-state index in [0.717, 1.165) is 0 Å². The van der Waals surface area contributed by atoms with Gasteiger partial charge in [-0.3, -0.25) is 0 Å². The molecule has 0 saturated carbocycles. The largest absolute Gasteiger partial charge is 0.394 e. The van der Waals surface area contributed by atoms with E-state index in [0.29, 0.717) is 6.42 Å². The van der Waals surface area contributed by atoms with Gasteiger partial charge < -0.3 is 8.85 Å². The van der Waals surface area contributed by atoms with Crippen LogP contribution in [-0.2, 0) is 8.85 Å². The van der Waals surface area contributed by atoms with Crippen molar-refractivity contribution in [2.24, 2.45) is 0 Å². The first-order valence-corrected chi connectivity index (χ1v) is 11.6. The van der Waals surface area contributed by atoms with Crippen LogP contribution in [0.25, 0.3) is 0 Å². The highest BCUT2D eigenvalue weighted by atomic mass is 28.4. The van der Waals surface area contributed by atoms with Gasteiger partial charge in [0.2, 0.25) is 0 Å². The highest BCUT2D eigenvalue weighted by Gasteiger charge is 2.25. The molecule has 4 heteroatoms. The molecule has 13 heavy (non-hydrogen) atoms. The van der Waals surface area contributed by atoms with Crippen molar-refractivity contribution in [3.05, 3.63) is 6.92 Å². The van der Waals surface area contributed by atoms with Gasteiger partial charge in [0.1, 0.15) is 6.29 Å². The van der Waals surface area contributed by atoms with Crippen LogP contribution in [0.3, 0.4) is 0 Å².